The van der Waals surface area contributed by atoms with Gasteiger partial charge in [0, 0.05) is 15.5 Å². The second kappa shape index (κ2) is 7.29. The van der Waals surface area contributed by atoms with Crippen molar-refractivity contribution in [2.45, 2.75) is 18.6 Å². The number of thiophene rings is 1. The molecule has 0 fully saturated rings. The van der Waals surface area contributed by atoms with Gasteiger partial charge in [-0.05, 0) is 42.8 Å². The van der Waals surface area contributed by atoms with E-state index in [9.17, 15) is 4.79 Å². The SMILES string of the molecule is CCc1ccc(C(=O)CSc2nnc(-c3ccc(Cl)cc3)o2)s1. The average molecular weight is 365 g/mol. The Bertz CT molecular complexity index is 812. The molecule has 0 amide bonds. The second-order valence-corrected chi connectivity index (χ2v) is 7.24. The molecular formula is C16H13ClN2O2S2. The molecule has 118 valence electrons. The van der Waals surface area contributed by atoms with Gasteiger partial charge < -0.3 is 4.42 Å². The van der Waals surface area contributed by atoms with Crippen LogP contribution in [0.25, 0.3) is 11.5 Å². The third-order valence-electron chi connectivity index (χ3n) is 3.11. The van der Waals surface area contributed by atoms with Gasteiger partial charge in [0.25, 0.3) is 5.22 Å². The van der Waals surface area contributed by atoms with E-state index in [0.29, 0.717) is 16.1 Å². The molecule has 0 aliphatic carbocycles. The number of halogens is 1. The molecule has 0 aliphatic rings. The highest BCUT2D eigenvalue weighted by Gasteiger charge is 2.13. The van der Waals surface area contributed by atoms with Crippen molar-refractivity contribution in [2.24, 2.45) is 0 Å². The number of aromatic nitrogens is 2. The Labute approximate surface area is 146 Å². The van der Waals surface area contributed by atoms with Crippen molar-refractivity contribution < 1.29 is 9.21 Å². The summed E-state index contributed by atoms with van der Waals surface area (Å²) in [6.45, 7) is 2.07. The molecule has 23 heavy (non-hydrogen) atoms. The number of hydrogen-bond acceptors (Lipinski definition) is 6. The highest BCUT2D eigenvalue weighted by Crippen LogP contribution is 2.26. The third-order valence-corrected chi connectivity index (χ3v) is 5.45. The van der Waals surface area contributed by atoms with E-state index in [1.165, 1.54) is 28.0 Å². The van der Waals surface area contributed by atoms with Crippen molar-refractivity contribution in [2.75, 3.05) is 5.75 Å². The number of benzene rings is 1. The first kappa shape index (κ1) is 16.2. The van der Waals surface area contributed by atoms with Gasteiger partial charge in [-0.3, -0.25) is 4.79 Å². The fourth-order valence-corrected chi connectivity index (χ4v) is 3.64. The Kier molecular flexibility index (Phi) is 5.15. The van der Waals surface area contributed by atoms with Crippen LogP contribution in [0.2, 0.25) is 5.02 Å². The second-order valence-electron chi connectivity index (χ2n) is 4.71. The van der Waals surface area contributed by atoms with Crippen LogP contribution in [0.1, 0.15) is 21.5 Å². The van der Waals surface area contributed by atoms with Gasteiger partial charge in [0.15, 0.2) is 5.78 Å². The molecule has 0 aliphatic heterocycles. The number of nitrogens with zero attached hydrogens (tertiary/aromatic N) is 2. The zero-order valence-corrected chi connectivity index (χ0v) is 14.7. The van der Waals surface area contributed by atoms with Gasteiger partial charge in [-0.15, -0.1) is 21.5 Å². The van der Waals surface area contributed by atoms with Crippen molar-refractivity contribution in [3.8, 4) is 11.5 Å². The normalized spacial score (nSPS) is 10.9. The molecule has 0 bridgehead atoms. The van der Waals surface area contributed by atoms with E-state index in [-0.39, 0.29) is 11.5 Å². The zero-order chi connectivity index (χ0) is 16.2. The van der Waals surface area contributed by atoms with Crippen LogP contribution >= 0.6 is 34.7 Å². The highest BCUT2D eigenvalue weighted by atomic mass is 35.5. The first-order chi connectivity index (χ1) is 11.2. The van der Waals surface area contributed by atoms with Crippen LogP contribution in [-0.4, -0.2) is 21.7 Å². The van der Waals surface area contributed by atoms with Crippen molar-refractivity contribution in [3.05, 3.63) is 51.2 Å². The lowest BCUT2D eigenvalue weighted by Crippen LogP contribution is -1.99. The molecule has 2 aromatic heterocycles. The summed E-state index contributed by atoms with van der Waals surface area (Å²) in [6, 6.07) is 11.0. The average Bonchev–Trinajstić information content (AvgIpc) is 3.22. The van der Waals surface area contributed by atoms with E-state index in [1.54, 1.807) is 12.1 Å². The van der Waals surface area contributed by atoms with Crippen LogP contribution in [-0.2, 0) is 6.42 Å². The van der Waals surface area contributed by atoms with Crippen molar-refractivity contribution in [3.63, 3.8) is 0 Å². The van der Waals surface area contributed by atoms with Gasteiger partial charge in [0.05, 0.1) is 10.6 Å². The molecule has 0 spiro atoms. The Balaban J connectivity index is 1.63. The molecule has 4 nitrogen and oxygen atoms in total. The van der Waals surface area contributed by atoms with Gasteiger partial charge in [0.1, 0.15) is 0 Å². The minimum atomic E-state index is 0.0749. The maximum atomic E-state index is 12.1. The molecule has 0 saturated heterocycles. The first-order valence-electron chi connectivity index (χ1n) is 7.00. The Morgan fingerprint density at radius 3 is 2.70 bits per heavy atom. The fourth-order valence-electron chi connectivity index (χ4n) is 1.89. The van der Waals surface area contributed by atoms with Crippen molar-refractivity contribution >= 4 is 40.5 Å². The minimum Gasteiger partial charge on any atom is -0.411 e. The van der Waals surface area contributed by atoms with E-state index in [2.05, 4.69) is 17.1 Å². The smallest absolute Gasteiger partial charge is 0.277 e. The number of aryl methyl sites for hydroxylation is 1. The largest absolute Gasteiger partial charge is 0.411 e. The maximum Gasteiger partial charge on any atom is 0.277 e. The molecule has 0 saturated carbocycles. The summed E-state index contributed by atoms with van der Waals surface area (Å²) < 4.78 is 5.57. The molecule has 2 heterocycles. The maximum absolute atomic E-state index is 12.1. The number of carbonyl (C=O) groups excluding carboxylic acids is 1. The van der Waals surface area contributed by atoms with E-state index < -0.39 is 0 Å². The highest BCUT2D eigenvalue weighted by molar-refractivity contribution is 7.99. The lowest BCUT2D eigenvalue weighted by Gasteiger charge is -1.95. The van der Waals surface area contributed by atoms with E-state index in [0.717, 1.165) is 16.9 Å². The van der Waals surface area contributed by atoms with Crippen LogP contribution in [0.4, 0.5) is 0 Å². The predicted octanol–water partition coefficient (Wildman–Crippen LogP) is 4.99. The molecule has 0 N–H and O–H groups in total. The van der Waals surface area contributed by atoms with Crippen LogP contribution in [0.3, 0.4) is 0 Å². The lowest BCUT2D eigenvalue weighted by atomic mass is 10.2. The zero-order valence-electron chi connectivity index (χ0n) is 12.3. The van der Waals surface area contributed by atoms with Gasteiger partial charge >= 0.3 is 0 Å². The summed E-state index contributed by atoms with van der Waals surface area (Å²) in [4.78, 5) is 14.1. The number of thioether (sulfide) groups is 1. The summed E-state index contributed by atoms with van der Waals surface area (Å²) in [6.07, 6.45) is 0.944. The van der Waals surface area contributed by atoms with Crippen molar-refractivity contribution in [1.82, 2.24) is 10.2 Å². The molecule has 0 atom stereocenters. The monoisotopic (exact) mass is 364 g/mol. The van der Waals surface area contributed by atoms with Crippen LogP contribution in [0, 0.1) is 0 Å². The minimum absolute atomic E-state index is 0.0749. The van der Waals surface area contributed by atoms with E-state index >= 15 is 0 Å². The molecule has 7 heteroatoms. The number of rotatable bonds is 6. The fraction of sp³-hybridized carbons (Fsp3) is 0.188. The number of hydrogen-bond donors (Lipinski definition) is 0. The molecule has 3 rings (SSSR count). The van der Waals surface area contributed by atoms with Gasteiger partial charge in [-0.1, -0.05) is 30.3 Å². The molecule has 1 aromatic carbocycles. The number of Topliss-reactive ketones (excluding diaryl/α,β-unsaturated/α-hetero) is 1. The lowest BCUT2D eigenvalue weighted by molar-refractivity contribution is 0.102. The van der Waals surface area contributed by atoms with Crippen LogP contribution in [0.15, 0.2) is 46.0 Å². The topological polar surface area (TPSA) is 56.0 Å². The summed E-state index contributed by atoms with van der Waals surface area (Å²) in [7, 11) is 0. The first-order valence-corrected chi connectivity index (χ1v) is 9.18. The molecule has 3 aromatic rings. The van der Waals surface area contributed by atoms with Gasteiger partial charge in [-0.25, -0.2) is 0 Å². The third kappa shape index (κ3) is 4.02. The molecule has 0 radical (unpaired) electrons. The van der Waals surface area contributed by atoms with Gasteiger partial charge in [-0.2, -0.15) is 0 Å². The predicted molar refractivity (Wildman–Crippen MR) is 93.5 cm³/mol. The summed E-state index contributed by atoms with van der Waals surface area (Å²) >= 11 is 8.64. The summed E-state index contributed by atoms with van der Waals surface area (Å²) in [5, 5.41) is 9.00. The Morgan fingerprint density at radius 1 is 1.22 bits per heavy atom. The molecular weight excluding hydrogens is 352 g/mol. The standard InChI is InChI=1S/C16H13ClN2O2S2/c1-2-12-7-8-14(23-12)13(20)9-22-16-19-18-15(21-16)10-3-5-11(17)6-4-10/h3-8H,2,9H2,1H3. The molecule has 0 unspecified atom stereocenters. The number of ketones is 1. The Hall–Kier alpha value is -1.63. The number of carbonyl (C=O) groups is 1. The van der Waals surface area contributed by atoms with Crippen molar-refractivity contribution in [1.29, 1.82) is 0 Å². The van der Waals surface area contributed by atoms with Crippen LogP contribution in [0.5, 0.6) is 0 Å². The van der Waals surface area contributed by atoms with Crippen LogP contribution < -0.4 is 0 Å². The summed E-state index contributed by atoms with van der Waals surface area (Å²) in [5.41, 5.74) is 0.797. The van der Waals surface area contributed by atoms with E-state index in [4.69, 9.17) is 16.0 Å². The van der Waals surface area contributed by atoms with E-state index in [1.807, 2.05) is 24.3 Å². The van der Waals surface area contributed by atoms with Gasteiger partial charge in [0.2, 0.25) is 5.89 Å². The quantitative estimate of drug-likeness (QED) is 0.455. The Morgan fingerprint density at radius 2 is 2.00 bits per heavy atom. The summed E-state index contributed by atoms with van der Waals surface area (Å²) in [5.74, 6) is 0.776.